The van der Waals surface area contributed by atoms with E-state index in [1.165, 1.54) is 6.21 Å². The molecule has 0 saturated carbocycles. The highest BCUT2D eigenvalue weighted by Crippen LogP contribution is 2.23. The number of anilines is 1. The number of nitrogens with one attached hydrogen (secondary N) is 2. The summed E-state index contributed by atoms with van der Waals surface area (Å²) in [5, 5.41) is 6.83. The molecule has 0 saturated heterocycles. The fourth-order valence-electron chi connectivity index (χ4n) is 3.37. The first kappa shape index (κ1) is 27.0. The van der Waals surface area contributed by atoms with Crippen LogP contribution in [0.1, 0.15) is 31.8 Å². The zero-order chi connectivity index (χ0) is 26.9. The van der Waals surface area contributed by atoms with Crippen molar-refractivity contribution in [2.45, 2.75) is 6.42 Å². The first-order chi connectivity index (χ1) is 18.4. The van der Waals surface area contributed by atoms with Gasteiger partial charge in [0.2, 0.25) is 5.91 Å². The van der Waals surface area contributed by atoms with E-state index < -0.39 is 11.9 Å². The van der Waals surface area contributed by atoms with Crippen LogP contribution in [0.15, 0.2) is 111 Å². The third kappa shape index (κ3) is 7.71. The Hall–Kier alpha value is -4.08. The number of hydrazone groups is 1. The first-order valence-corrected chi connectivity index (χ1v) is 13.0. The minimum atomic E-state index is -0.519. The lowest BCUT2D eigenvalue weighted by atomic mass is 10.1. The van der Waals surface area contributed by atoms with Crippen LogP contribution in [0.25, 0.3) is 0 Å². The van der Waals surface area contributed by atoms with Gasteiger partial charge in [-0.15, -0.1) is 0 Å². The third-order valence-corrected chi connectivity index (χ3v) is 6.28. The van der Waals surface area contributed by atoms with Crippen molar-refractivity contribution < 1.29 is 19.1 Å². The van der Waals surface area contributed by atoms with Crippen molar-refractivity contribution in [2.24, 2.45) is 5.10 Å². The molecule has 2 N–H and O–H groups in total. The average molecular weight is 635 g/mol. The minimum absolute atomic E-state index is 0.149. The van der Waals surface area contributed by atoms with Gasteiger partial charge in [-0.25, -0.2) is 10.2 Å². The number of benzene rings is 4. The Balaban J connectivity index is 1.35. The molecule has 0 aromatic heterocycles. The van der Waals surface area contributed by atoms with Gasteiger partial charge in [0.15, 0.2) is 0 Å². The predicted octanol–water partition coefficient (Wildman–Crippen LogP) is 6.38. The Morgan fingerprint density at radius 3 is 2.16 bits per heavy atom. The standard InChI is InChI=1S/C29H21Br2N3O4/c30-23-10-6-21(7-11-23)29(37)38-26-15-12-24(31)17-22(26)18-32-34-28(36)20-8-13-25(14-9-20)33-27(35)16-19-4-2-1-3-5-19/h1-15,17-18H,16H2,(H,33,35)(H,34,36)/b32-18-. The molecule has 0 atom stereocenters. The van der Waals surface area contributed by atoms with Gasteiger partial charge in [-0.05, 0) is 72.3 Å². The van der Waals surface area contributed by atoms with Crippen LogP contribution < -0.4 is 15.5 Å². The van der Waals surface area contributed by atoms with E-state index in [1.807, 2.05) is 30.3 Å². The molecule has 0 aliphatic rings. The number of nitrogens with zero attached hydrogens (tertiary/aromatic N) is 1. The topological polar surface area (TPSA) is 96.9 Å². The average Bonchev–Trinajstić information content (AvgIpc) is 2.91. The van der Waals surface area contributed by atoms with Crippen LogP contribution in [0.3, 0.4) is 0 Å². The van der Waals surface area contributed by atoms with Gasteiger partial charge in [0, 0.05) is 25.8 Å². The van der Waals surface area contributed by atoms with Crippen molar-refractivity contribution in [1.29, 1.82) is 0 Å². The molecule has 0 aliphatic carbocycles. The molecule has 0 bridgehead atoms. The maximum atomic E-state index is 12.5. The van der Waals surface area contributed by atoms with Crippen LogP contribution in [0.2, 0.25) is 0 Å². The van der Waals surface area contributed by atoms with Gasteiger partial charge >= 0.3 is 5.97 Å². The number of hydrogen-bond acceptors (Lipinski definition) is 5. The van der Waals surface area contributed by atoms with E-state index in [1.54, 1.807) is 66.7 Å². The molecule has 0 heterocycles. The Morgan fingerprint density at radius 1 is 0.789 bits per heavy atom. The molecule has 0 radical (unpaired) electrons. The highest BCUT2D eigenvalue weighted by molar-refractivity contribution is 9.10. The first-order valence-electron chi connectivity index (χ1n) is 11.4. The fourth-order valence-corrected chi connectivity index (χ4v) is 4.02. The highest BCUT2D eigenvalue weighted by Gasteiger charge is 2.12. The van der Waals surface area contributed by atoms with Gasteiger partial charge in [-0.1, -0.05) is 62.2 Å². The second-order valence-corrected chi connectivity index (χ2v) is 9.90. The summed E-state index contributed by atoms with van der Waals surface area (Å²) in [6, 6.07) is 27.8. The largest absolute Gasteiger partial charge is 0.422 e. The number of ether oxygens (including phenoxy) is 1. The molecule has 0 unspecified atom stereocenters. The zero-order valence-corrected chi connectivity index (χ0v) is 23.0. The van der Waals surface area contributed by atoms with Crippen molar-refractivity contribution in [3.05, 3.63) is 128 Å². The Morgan fingerprint density at radius 2 is 1.45 bits per heavy atom. The second-order valence-electron chi connectivity index (χ2n) is 8.07. The summed E-state index contributed by atoms with van der Waals surface area (Å²) < 4.78 is 7.14. The predicted molar refractivity (Wildman–Crippen MR) is 154 cm³/mol. The number of esters is 1. The summed E-state index contributed by atoms with van der Waals surface area (Å²) in [5.74, 6) is -0.820. The second kappa shape index (κ2) is 12.9. The monoisotopic (exact) mass is 633 g/mol. The molecule has 190 valence electrons. The van der Waals surface area contributed by atoms with Crippen LogP contribution in [-0.2, 0) is 11.2 Å². The lowest BCUT2D eigenvalue weighted by Gasteiger charge is -2.08. The quantitative estimate of drug-likeness (QED) is 0.102. The Labute approximate surface area is 236 Å². The number of carbonyl (C=O) groups excluding carboxylic acids is 3. The molecule has 7 nitrogen and oxygen atoms in total. The molecule has 0 spiro atoms. The van der Waals surface area contributed by atoms with Crippen molar-refractivity contribution in [3.8, 4) is 5.75 Å². The van der Waals surface area contributed by atoms with Crippen molar-refractivity contribution >= 4 is 61.5 Å². The smallest absolute Gasteiger partial charge is 0.343 e. The van der Waals surface area contributed by atoms with E-state index >= 15 is 0 Å². The summed E-state index contributed by atoms with van der Waals surface area (Å²) in [7, 11) is 0. The van der Waals surface area contributed by atoms with E-state index in [9.17, 15) is 14.4 Å². The molecular formula is C29H21Br2N3O4. The van der Waals surface area contributed by atoms with Gasteiger partial charge < -0.3 is 10.1 Å². The molecular weight excluding hydrogens is 614 g/mol. The molecule has 0 aliphatic heterocycles. The molecule has 4 rings (SSSR count). The van der Waals surface area contributed by atoms with Crippen molar-refractivity contribution in [3.63, 3.8) is 0 Å². The number of carbonyl (C=O) groups is 3. The van der Waals surface area contributed by atoms with E-state index in [2.05, 4.69) is 47.7 Å². The number of amides is 2. The van der Waals surface area contributed by atoms with Crippen LogP contribution >= 0.6 is 31.9 Å². The van der Waals surface area contributed by atoms with Crippen LogP contribution in [0, 0.1) is 0 Å². The number of halogens is 2. The molecule has 38 heavy (non-hydrogen) atoms. The van der Waals surface area contributed by atoms with E-state index in [-0.39, 0.29) is 18.1 Å². The zero-order valence-electron chi connectivity index (χ0n) is 19.9. The molecule has 4 aromatic carbocycles. The molecule has 9 heteroatoms. The summed E-state index contributed by atoms with van der Waals surface area (Å²) in [5.41, 5.74) is 5.20. The number of rotatable bonds is 8. The SMILES string of the molecule is O=C(Cc1ccccc1)Nc1ccc(C(=O)N/N=C\c2cc(Br)ccc2OC(=O)c2ccc(Br)cc2)cc1. The summed E-state index contributed by atoms with van der Waals surface area (Å²) in [6.07, 6.45) is 1.65. The van der Waals surface area contributed by atoms with Crippen LogP contribution in [-0.4, -0.2) is 24.0 Å². The maximum Gasteiger partial charge on any atom is 0.343 e. The van der Waals surface area contributed by atoms with E-state index in [4.69, 9.17) is 4.74 Å². The Kier molecular flexibility index (Phi) is 9.18. The van der Waals surface area contributed by atoms with Gasteiger partial charge in [0.1, 0.15) is 5.75 Å². The third-order valence-electron chi connectivity index (χ3n) is 5.26. The summed E-state index contributed by atoms with van der Waals surface area (Å²) >= 11 is 6.73. The van der Waals surface area contributed by atoms with Crippen molar-refractivity contribution in [1.82, 2.24) is 5.43 Å². The Bertz CT molecular complexity index is 1470. The summed E-state index contributed by atoms with van der Waals surface area (Å²) in [6.45, 7) is 0. The highest BCUT2D eigenvalue weighted by atomic mass is 79.9. The maximum absolute atomic E-state index is 12.5. The van der Waals surface area contributed by atoms with Gasteiger partial charge in [-0.2, -0.15) is 5.10 Å². The van der Waals surface area contributed by atoms with E-state index in [0.717, 1.165) is 14.5 Å². The van der Waals surface area contributed by atoms with Crippen LogP contribution in [0.4, 0.5) is 5.69 Å². The lowest BCUT2D eigenvalue weighted by molar-refractivity contribution is -0.115. The van der Waals surface area contributed by atoms with Gasteiger partial charge in [0.05, 0.1) is 18.2 Å². The molecule has 4 aromatic rings. The van der Waals surface area contributed by atoms with Gasteiger partial charge in [-0.3, -0.25) is 9.59 Å². The fraction of sp³-hybridized carbons (Fsp3) is 0.0345. The normalized spacial score (nSPS) is 10.7. The minimum Gasteiger partial charge on any atom is -0.422 e. The molecule has 2 amide bonds. The lowest BCUT2D eigenvalue weighted by Crippen LogP contribution is -2.18. The van der Waals surface area contributed by atoms with E-state index in [0.29, 0.717) is 22.4 Å². The van der Waals surface area contributed by atoms with Crippen molar-refractivity contribution in [2.75, 3.05) is 5.32 Å². The van der Waals surface area contributed by atoms with Gasteiger partial charge in [0.25, 0.3) is 5.91 Å². The van der Waals surface area contributed by atoms with Crippen LogP contribution in [0.5, 0.6) is 5.75 Å². The molecule has 0 fully saturated rings. The number of hydrogen-bond donors (Lipinski definition) is 2. The summed E-state index contributed by atoms with van der Waals surface area (Å²) in [4.78, 5) is 37.3.